The van der Waals surface area contributed by atoms with Crippen LogP contribution in [0.5, 0.6) is 0 Å². The van der Waals surface area contributed by atoms with E-state index in [0.29, 0.717) is 0 Å². The Labute approximate surface area is 136 Å². The van der Waals surface area contributed by atoms with Crippen LogP contribution in [-0.2, 0) is 0 Å². The molecule has 0 heterocycles. The molecule has 0 bridgehead atoms. The summed E-state index contributed by atoms with van der Waals surface area (Å²) in [5, 5.41) is 0. The Balaban J connectivity index is 1.47. The molecule has 2 unspecified atom stereocenters. The average Bonchev–Trinajstić information content (AvgIpc) is 3.01. The fraction of sp³-hybridized carbons (Fsp3) is 0.636. The maximum absolute atomic E-state index is 2.53. The second-order valence-corrected chi connectivity index (χ2v) is 7.97. The van der Waals surface area contributed by atoms with Gasteiger partial charge in [0.25, 0.3) is 0 Å². The largest absolute Gasteiger partial charge is 0.0659 e. The van der Waals surface area contributed by atoms with Crippen LogP contribution < -0.4 is 0 Å². The zero-order valence-corrected chi connectivity index (χ0v) is 14.4. The van der Waals surface area contributed by atoms with Gasteiger partial charge in [0, 0.05) is 11.8 Å². The summed E-state index contributed by atoms with van der Waals surface area (Å²) >= 11 is 0. The van der Waals surface area contributed by atoms with E-state index in [9.17, 15) is 0 Å². The summed E-state index contributed by atoms with van der Waals surface area (Å²) in [6.45, 7) is 4.76. The van der Waals surface area contributed by atoms with Crippen LogP contribution in [0.15, 0.2) is 45.6 Å². The van der Waals surface area contributed by atoms with Gasteiger partial charge in [-0.1, -0.05) is 34.4 Å². The van der Waals surface area contributed by atoms with Gasteiger partial charge in [0.2, 0.25) is 0 Å². The van der Waals surface area contributed by atoms with E-state index in [0.717, 1.165) is 11.8 Å². The Kier molecular flexibility index (Phi) is 3.88. The molecular weight excluding hydrogens is 264 g/mol. The van der Waals surface area contributed by atoms with Gasteiger partial charge in [0.05, 0.1) is 0 Å². The summed E-state index contributed by atoms with van der Waals surface area (Å²) in [4.78, 5) is 0. The van der Waals surface area contributed by atoms with Crippen LogP contribution >= 0.6 is 0 Å². The van der Waals surface area contributed by atoms with Crippen LogP contribution in [0.2, 0.25) is 0 Å². The monoisotopic (exact) mass is 294 g/mol. The highest BCUT2D eigenvalue weighted by atomic mass is 14.4. The number of hydrogen-bond donors (Lipinski definition) is 0. The van der Waals surface area contributed by atoms with E-state index in [2.05, 4.69) is 26.0 Å². The minimum Gasteiger partial charge on any atom is -0.0659 e. The molecule has 0 spiro atoms. The van der Waals surface area contributed by atoms with Gasteiger partial charge in [-0.15, -0.1) is 0 Å². The highest BCUT2D eigenvalue weighted by molar-refractivity contribution is 5.44. The lowest BCUT2D eigenvalue weighted by Gasteiger charge is -2.25. The molecule has 4 aliphatic carbocycles. The van der Waals surface area contributed by atoms with Crippen molar-refractivity contribution in [1.82, 2.24) is 0 Å². The highest BCUT2D eigenvalue weighted by Gasteiger charge is 2.31. The van der Waals surface area contributed by atoms with Crippen LogP contribution in [0.25, 0.3) is 0 Å². The van der Waals surface area contributed by atoms with Gasteiger partial charge in [-0.25, -0.2) is 0 Å². The molecule has 0 amide bonds. The molecule has 0 aromatic heterocycles. The molecule has 22 heavy (non-hydrogen) atoms. The predicted molar refractivity (Wildman–Crippen MR) is 94.7 cm³/mol. The lowest BCUT2D eigenvalue weighted by Crippen LogP contribution is -2.11. The molecule has 4 rings (SSSR count). The SMILES string of the molecule is CC1=CC2=C(CCCC2)C1CCC1C(C)=CC2=C1CCCC2. The van der Waals surface area contributed by atoms with E-state index in [4.69, 9.17) is 0 Å². The Bertz CT molecular complexity index is 540. The molecule has 0 saturated carbocycles. The summed E-state index contributed by atoms with van der Waals surface area (Å²) in [7, 11) is 0. The Morgan fingerprint density at radius 2 is 1.09 bits per heavy atom. The number of rotatable bonds is 3. The standard InChI is InChI=1S/C22H30/c1-15-13-17-7-3-5-9-21(17)19(15)11-12-20-16(2)14-18-8-4-6-10-22(18)20/h13-14,19-20H,3-12H2,1-2H3. The van der Waals surface area contributed by atoms with E-state index < -0.39 is 0 Å². The van der Waals surface area contributed by atoms with Gasteiger partial charge < -0.3 is 0 Å². The summed E-state index contributed by atoms with van der Waals surface area (Å²) in [6.07, 6.45) is 18.9. The molecule has 0 aromatic rings. The summed E-state index contributed by atoms with van der Waals surface area (Å²) < 4.78 is 0. The van der Waals surface area contributed by atoms with Gasteiger partial charge >= 0.3 is 0 Å². The molecule has 0 radical (unpaired) electrons. The predicted octanol–water partition coefficient (Wildman–Crippen LogP) is 6.66. The third-order valence-corrected chi connectivity index (χ3v) is 6.60. The van der Waals surface area contributed by atoms with Gasteiger partial charge in [0.1, 0.15) is 0 Å². The van der Waals surface area contributed by atoms with E-state index >= 15 is 0 Å². The van der Waals surface area contributed by atoms with Crippen LogP contribution in [-0.4, -0.2) is 0 Å². The Morgan fingerprint density at radius 3 is 1.55 bits per heavy atom. The molecule has 4 aliphatic rings. The molecule has 0 saturated heterocycles. The maximum Gasteiger partial charge on any atom is 0.00135 e. The molecule has 0 aliphatic heterocycles. The van der Waals surface area contributed by atoms with Crippen molar-refractivity contribution in [2.24, 2.45) is 11.8 Å². The van der Waals surface area contributed by atoms with Crippen LogP contribution in [0, 0.1) is 11.8 Å². The van der Waals surface area contributed by atoms with Crippen LogP contribution in [0.4, 0.5) is 0 Å². The summed E-state index contributed by atoms with van der Waals surface area (Å²) in [6, 6.07) is 0. The van der Waals surface area contributed by atoms with Gasteiger partial charge in [-0.2, -0.15) is 0 Å². The molecule has 0 fully saturated rings. The molecule has 0 N–H and O–H groups in total. The minimum absolute atomic E-state index is 0.788. The van der Waals surface area contributed by atoms with Crippen molar-refractivity contribution >= 4 is 0 Å². The zero-order valence-electron chi connectivity index (χ0n) is 14.4. The van der Waals surface area contributed by atoms with Crippen molar-refractivity contribution in [2.75, 3.05) is 0 Å². The Morgan fingerprint density at radius 1 is 0.682 bits per heavy atom. The van der Waals surface area contributed by atoms with Crippen molar-refractivity contribution in [2.45, 2.75) is 78.1 Å². The third kappa shape index (κ3) is 2.45. The van der Waals surface area contributed by atoms with Gasteiger partial charge in [-0.3, -0.25) is 0 Å². The van der Waals surface area contributed by atoms with E-state index in [1.165, 1.54) is 64.2 Å². The zero-order chi connectivity index (χ0) is 15.1. The normalized spacial score (nSPS) is 31.2. The summed E-state index contributed by atoms with van der Waals surface area (Å²) in [5.41, 5.74) is 10.4. The Hall–Kier alpha value is -1.04. The second-order valence-electron chi connectivity index (χ2n) is 7.97. The van der Waals surface area contributed by atoms with Gasteiger partial charge in [0.15, 0.2) is 0 Å². The first-order valence-electron chi connectivity index (χ1n) is 9.54. The van der Waals surface area contributed by atoms with Crippen molar-refractivity contribution in [3.05, 3.63) is 45.6 Å². The molecule has 0 nitrogen and oxygen atoms in total. The minimum atomic E-state index is 0.788. The number of allylic oxidation sites excluding steroid dienone is 8. The second kappa shape index (κ2) is 5.87. The summed E-state index contributed by atoms with van der Waals surface area (Å²) in [5.74, 6) is 1.58. The van der Waals surface area contributed by atoms with Crippen molar-refractivity contribution in [3.8, 4) is 0 Å². The van der Waals surface area contributed by atoms with Crippen molar-refractivity contribution in [3.63, 3.8) is 0 Å². The first kappa shape index (κ1) is 14.5. The lowest BCUT2D eigenvalue weighted by atomic mass is 9.79. The van der Waals surface area contributed by atoms with Crippen molar-refractivity contribution in [1.29, 1.82) is 0 Å². The lowest BCUT2D eigenvalue weighted by molar-refractivity contribution is 0.500. The molecule has 2 atom stereocenters. The van der Waals surface area contributed by atoms with Crippen LogP contribution in [0.1, 0.15) is 78.1 Å². The topological polar surface area (TPSA) is 0 Å². The van der Waals surface area contributed by atoms with Gasteiger partial charge in [-0.05, 0) is 89.2 Å². The third-order valence-electron chi connectivity index (χ3n) is 6.60. The average molecular weight is 294 g/mol. The fourth-order valence-corrected chi connectivity index (χ4v) is 5.47. The van der Waals surface area contributed by atoms with Crippen LogP contribution in [0.3, 0.4) is 0 Å². The maximum atomic E-state index is 2.53. The molecule has 0 aromatic carbocycles. The number of hydrogen-bond acceptors (Lipinski definition) is 0. The van der Waals surface area contributed by atoms with E-state index in [1.54, 1.807) is 22.3 Å². The van der Waals surface area contributed by atoms with E-state index in [1.807, 2.05) is 11.1 Å². The van der Waals surface area contributed by atoms with E-state index in [-0.39, 0.29) is 0 Å². The molecule has 0 heteroatoms. The fourth-order valence-electron chi connectivity index (χ4n) is 5.47. The molecular formula is C22H30. The first-order chi connectivity index (χ1) is 10.7. The smallest absolute Gasteiger partial charge is 0.00135 e. The quantitative estimate of drug-likeness (QED) is 0.546. The first-order valence-corrected chi connectivity index (χ1v) is 9.54. The molecule has 118 valence electrons. The highest BCUT2D eigenvalue weighted by Crippen LogP contribution is 2.46. The van der Waals surface area contributed by atoms with Crippen molar-refractivity contribution < 1.29 is 0 Å².